The third-order valence-electron chi connectivity index (χ3n) is 5.98. The van der Waals surface area contributed by atoms with Crippen molar-refractivity contribution in [3.05, 3.63) is 63.4 Å². The van der Waals surface area contributed by atoms with Gasteiger partial charge in [0.25, 0.3) is 5.69 Å². The Labute approximate surface area is 208 Å². The van der Waals surface area contributed by atoms with Gasteiger partial charge in [-0.2, -0.15) is 0 Å². The van der Waals surface area contributed by atoms with Crippen molar-refractivity contribution >= 4 is 35.3 Å². The van der Waals surface area contributed by atoms with Gasteiger partial charge in [0.05, 0.1) is 18.5 Å². The lowest BCUT2D eigenvalue weighted by atomic mass is 9.71. The number of allylic oxidation sites excluding steroid dienone is 2. The van der Waals surface area contributed by atoms with Crippen LogP contribution in [0.25, 0.3) is 0 Å². The Hall–Kier alpha value is -3.95. The molecular weight excluding hydrogens is 466 g/mol. The Morgan fingerprint density at radius 2 is 1.78 bits per heavy atom. The molecule has 3 unspecified atom stereocenters. The third kappa shape index (κ3) is 5.32. The summed E-state index contributed by atoms with van der Waals surface area (Å²) in [6, 6.07) is 5.64. The molecule has 2 heterocycles. The SMILES string of the molecule is COC(=O)C1C(C)=NC(C)=C(C(=O)C2(CC(=O)OC(C)(C)C)C=CC=N2)C1c1ccc([N+](=O)[O-])cc1. The highest BCUT2D eigenvalue weighted by Crippen LogP contribution is 2.43. The molecule has 2 aliphatic heterocycles. The summed E-state index contributed by atoms with van der Waals surface area (Å²) in [5, 5.41) is 11.2. The van der Waals surface area contributed by atoms with Crippen molar-refractivity contribution in [2.45, 2.75) is 58.1 Å². The van der Waals surface area contributed by atoms with E-state index in [2.05, 4.69) is 9.98 Å². The molecule has 0 bridgehead atoms. The highest BCUT2D eigenvalue weighted by atomic mass is 16.6. The van der Waals surface area contributed by atoms with Crippen molar-refractivity contribution in [1.82, 2.24) is 0 Å². The van der Waals surface area contributed by atoms with Crippen LogP contribution in [0.15, 0.2) is 57.7 Å². The summed E-state index contributed by atoms with van der Waals surface area (Å²) < 4.78 is 10.5. The van der Waals surface area contributed by atoms with Gasteiger partial charge in [-0.05, 0) is 52.3 Å². The topological polar surface area (TPSA) is 138 Å². The smallest absolute Gasteiger partial charge is 0.315 e. The second-order valence-corrected chi connectivity index (χ2v) is 9.73. The zero-order chi connectivity index (χ0) is 26.8. The molecule has 10 heteroatoms. The average molecular weight is 496 g/mol. The number of carbonyl (C=O) groups is 3. The molecule has 2 aliphatic rings. The number of hydrogen-bond acceptors (Lipinski definition) is 9. The highest BCUT2D eigenvalue weighted by Gasteiger charge is 2.49. The maximum atomic E-state index is 14.2. The number of ketones is 1. The molecule has 1 aromatic carbocycles. The minimum atomic E-state index is -1.57. The molecule has 190 valence electrons. The van der Waals surface area contributed by atoms with E-state index in [1.54, 1.807) is 40.7 Å². The number of carbonyl (C=O) groups excluding carboxylic acids is 3. The number of Topliss-reactive ketones (excluding diaryl/α,β-unsaturated/α-hetero) is 1. The molecule has 0 fully saturated rings. The molecule has 0 aliphatic carbocycles. The number of hydrogen-bond donors (Lipinski definition) is 0. The highest BCUT2D eigenvalue weighted by molar-refractivity contribution is 6.13. The molecule has 0 spiro atoms. The summed E-state index contributed by atoms with van der Waals surface area (Å²) in [4.78, 5) is 59.3. The van der Waals surface area contributed by atoms with Crippen LogP contribution < -0.4 is 0 Å². The average Bonchev–Trinajstić information content (AvgIpc) is 3.26. The van der Waals surface area contributed by atoms with E-state index in [4.69, 9.17) is 9.47 Å². The Balaban J connectivity index is 2.14. The Morgan fingerprint density at radius 3 is 2.28 bits per heavy atom. The third-order valence-corrected chi connectivity index (χ3v) is 5.98. The van der Waals surface area contributed by atoms with Crippen molar-refractivity contribution in [2.75, 3.05) is 7.11 Å². The monoisotopic (exact) mass is 495 g/mol. The molecule has 0 N–H and O–H groups in total. The molecule has 0 aromatic heterocycles. The molecule has 3 atom stereocenters. The summed E-state index contributed by atoms with van der Waals surface area (Å²) in [5.74, 6) is -3.53. The van der Waals surface area contributed by atoms with Gasteiger partial charge < -0.3 is 9.47 Å². The number of esters is 2. The zero-order valence-electron chi connectivity index (χ0n) is 21.1. The van der Waals surface area contributed by atoms with E-state index in [1.165, 1.54) is 43.7 Å². The second-order valence-electron chi connectivity index (χ2n) is 9.73. The lowest BCUT2D eigenvalue weighted by molar-refractivity contribution is -0.384. The number of benzene rings is 1. The summed E-state index contributed by atoms with van der Waals surface area (Å²) in [5.41, 5.74) is -0.992. The van der Waals surface area contributed by atoms with Crippen molar-refractivity contribution in [3.63, 3.8) is 0 Å². The molecule has 3 rings (SSSR count). The molecule has 36 heavy (non-hydrogen) atoms. The van der Waals surface area contributed by atoms with Crippen LogP contribution in [0.3, 0.4) is 0 Å². The fraction of sp³-hybridized carbons (Fsp3) is 0.423. The van der Waals surface area contributed by atoms with Gasteiger partial charge in [0.1, 0.15) is 11.5 Å². The van der Waals surface area contributed by atoms with Crippen LogP contribution in [0.2, 0.25) is 0 Å². The first kappa shape index (κ1) is 26.7. The van der Waals surface area contributed by atoms with E-state index in [0.717, 1.165) is 0 Å². The van der Waals surface area contributed by atoms with Crippen molar-refractivity contribution in [1.29, 1.82) is 0 Å². The number of nitro groups is 1. The summed E-state index contributed by atoms with van der Waals surface area (Å²) in [6.45, 7) is 8.49. The van der Waals surface area contributed by atoms with Crippen LogP contribution in [-0.4, -0.2) is 52.8 Å². The molecule has 10 nitrogen and oxygen atoms in total. The zero-order valence-corrected chi connectivity index (χ0v) is 21.1. The lowest BCUT2D eigenvalue weighted by Crippen LogP contribution is -2.43. The quantitative estimate of drug-likeness (QED) is 0.318. The predicted octanol–water partition coefficient (Wildman–Crippen LogP) is 3.90. The number of nitrogens with zero attached hydrogens (tertiary/aromatic N) is 3. The molecule has 0 amide bonds. The van der Waals surface area contributed by atoms with Gasteiger partial charge in [-0.25, -0.2) is 0 Å². The van der Waals surface area contributed by atoms with Crippen LogP contribution in [0.4, 0.5) is 5.69 Å². The largest absolute Gasteiger partial charge is 0.468 e. The molecule has 0 radical (unpaired) electrons. The van der Waals surface area contributed by atoms with Gasteiger partial charge in [-0.1, -0.05) is 12.1 Å². The van der Waals surface area contributed by atoms with E-state index in [1.807, 2.05) is 0 Å². The van der Waals surface area contributed by atoms with Gasteiger partial charge in [0.2, 0.25) is 0 Å². The fourth-order valence-electron chi connectivity index (χ4n) is 4.50. The van der Waals surface area contributed by atoms with Gasteiger partial charge in [0, 0.05) is 41.2 Å². The normalized spacial score (nSPS) is 23.3. The fourth-order valence-corrected chi connectivity index (χ4v) is 4.50. The van der Waals surface area contributed by atoms with Crippen LogP contribution in [0.5, 0.6) is 0 Å². The first-order chi connectivity index (χ1) is 16.8. The van der Waals surface area contributed by atoms with Gasteiger partial charge in [-0.15, -0.1) is 0 Å². The number of nitro benzene ring substituents is 1. The van der Waals surface area contributed by atoms with E-state index in [9.17, 15) is 24.5 Å². The minimum absolute atomic E-state index is 0.132. The Morgan fingerprint density at radius 1 is 1.14 bits per heavy atom. The second kappa shape index (κ2) is 9.96. The van der Waals surface area contributed by atoms with E-state index < -0.39 is 45.6 Å². The van der Waals surface area contributed by atoms with Crippen molar-refractivity contribution in [2.24, 2.45) is 15.9 Å². The number of non-ortho nitro benzene ring substituents is 1. The van der Waals surface area contributed by atoms with Crippen molar-refractivity contribution in [3.8, 4) is 0 Å². The summed E-state index contributed by atoms with van der Waals surface area (Å²) in [7, 11) is 1.24. The van der Waals surface area contributed by atoms with Gasteiger partial charge >= 0.3 is 11.9 Å². The van der Waals surface area contributed by atoms with Gasteiger partial charge in [-0.3, -0.25) is 34.5 Å². The van der Waals surface area contributed by atoms with Crippen LogP contribution in [-0.2, 0) is 23.9 Å². The first-order valence-electron chi connectivity index (χ1n) is 11.4. The van der Waals surface area contributed by atoms with E-state index in [-0.39, 0.29) is 17.7 Å². The summed E-state index contributed by atoms with van der Waals surface area (Å²) in [6.07, 6.45) is 4.21. The maximum Gasteiger partial charge on any atom is 0.315 e. The molecular formula is C26H29N3O7. The van der Waals surface area contributed by atoms with Crippen LogP contribution in [0.1, 0.15) is 52.5 Å². The number of methoxy groups -OCH3 is 1. The minimum Gasteiger partial charge on any atom is -0.468 e. The Kier molecular flexibility index (Phi) is 7.38. The molecule has 0 saturated heterocycles. The molecule has 0 saturated carbocycles. The van der Waals surface area contributed by atoms with Crippen molar-refractivity contribution < 1.29 is 28.8 Å². The number of ether oxygens (including phenoxy) is 2. The lowest BCUT2D eigenvalue weighted by Gasteiger charge is -2.35. The van der Waals surface area contributed by atoms with Crippen LogP contribution in [0, 0.1) is 16.0 Å². The summed E-state index contributed by atoms with van der Waals surface area (Å²) >= 11 is 0. The Bertz CT molecular complexity index is 1200. The maximum absolute atomic E-state index is 14.2. The predicted molar refractivity (Wildman–Crippen MR) is 133 cm³/mol. The van der Waals surface area contributed by atoms with E-state index >= 15 is 0 Å². The van der Waals surface area contributed by atoms with Crippen LogP contribution >= 0.6 is 0 Å². The first-order valence-corrected chi connectivity index (χ1v) is 11.4. The van der Waals surface area contributed by atoms with Gasteiger partial charge in [0.15, 0.2) is 11.3 Å². The number of aliphatic imine (C=N–C) groups is 2. The number of rotatable bonds is 7. The molecule has 1 aromatic rings. The standard InChI is InChI=1S/C26H29N3O7/c1-15-20(23(31)26(12-7-13-27-26)14-19(30)36-25(3,4)5)22(21(16(2)28-15)24(32)35-6)17-8-10-18(11-9-17)29(33)34/h7-13,21-22H,14H2,1-6H3. The van der Waals surface area contributed by atoms with E-state index in [0.29, 0.717) is 17.0 Å².